The highest BCUT2D eigenvalue weighted by atomic mass is 19.1. The Hall–Kier alpha value is -0.150. The largest absolute Gasteiger partial charge is 0.353 e. The van der Waals surface area contributed by atoms with Crippen LogP contribution in [0.15, 0.2) is 0 Å². The van der Waals surface area contributed by atoms with E-state index in [9.17, 15) is 4.39 Å². The van der Waals surface area contributed by atoms with Crippen molar-refractivity contribution >= 4 is 0 Å². The van der Waals surface area contributed by atoms with Crippen LogP contribution in [-0.2, 0) is 9.47 Å². The topological polar surface area (TPSA) is 18.5 Å². The molecule has 4 fully saturated rings. The molecule has 0 saturated heterocycles. The first-order chi connectivity index (χ1) is 7.12. The Balaban J connectivity index is 1.96. The summed E-state index contributed by atoms with van der Waals surface area (Å²) in [5.74, 6) is 0.630. The van der Waals surface area contributed by atoms with Crippen molar-refractivity contribution in [3.63, 3.8) is 0 Å². The number of alkyl halides is 1. The molecule has 4 bridgehead atoms. The average Bonchev–Trinajstić information content (AvgIpc) is 2.16. The van der Waals surface area contributed by atoms with Gasteiger partial charge in [-0.1, -0.05) is 0 Å². The van der Waals surface area contributed by atoms with Gasteiger partial charge < -0.3 is 9.47 Å². The van der Waals surface area contributed by atoms with E-state index in [1.165, 1.54) is 0 Å². The molecule has 86 valence electrons. The van der Waals surface area contributed by atoms with E-state index in [1.54, 1.807) is 14.2 Å². The van der Waals surface area contributed by atoms with Gasteiger partial charge in [0.05, 0.1) is 0 Å². The molecule has 4 atom stereocenters. The van der Waals surface area contributed by atoms with Gasteiger partial charge in [0, 0.05) is 26.1 Å². The maximum absolute atomic E-state index is 14.4. The van der Waals surface area contributed by atoms with Gasteiger partial charge >= 0.3 is 0 Å². The van der Waals surface area contributed by atoms with Crippen molar-refractivity contribution in [3.8, 4) is 0 Å². The predicted molar refractivity (Wildman–Crippen MR) is 54.1 cm³/mol. The highest BCUT2D eigenvalue weighted by molar-refractivity contribution is 5.09. The zero-order valence-corrected chi connectivity index (χ0v) is 9.46. The molecule has 15 heavy (non-hydrogen) atoms. The molecule has 0 aromatic carbocycles. The monoisotopic (exact) mass is 214 g/mol. The summed E-state index contributed by atoms with van der Waals surface area (Å²) in [4.78, 5) is 0. The van der Waals surface area contributed by atoms with Gasteiger partial charge in [0.25, 0.3) is 0 Å². The Morgan fingerprint density at radius 1 is 1.00 bits per heavy atom. The van der Waals surface area contributed by atoms with E-state index < -0.39 is 11.5 Å². The van der Waals surface area contributed by atoms with Gasteiger partial charge in [0.1, 0.15) is 5.67 Å². The van der Waals surface area contributed by atoms with E-state index in [4.69, 9.17) is 9.47 Å². The van der Waals surface area contributed by atoms with Gasteiger partial charge in [-0.25, -0.2) is 4.39 Å². The summed E-state index contributed by atoms with van der Waals surface area (Å²) in [7, 11) is 3.41. The van der Waals surface area contributed by atoms with Gasteiger partial charge in [-0.3, -0.25) is 0 Å². The molecule has 0 amide bonds. The van der Waals surface area contributed by atoms with Crippen molar-refractivity contribution < 1.29 is 13.9 Å². The molecule has 0 heterocycles. The molecular weight excluding hydrogens is 195 g/mol. The van der Waals surface area contributed by atoms with Crippen LogP contribution in [0.4, 0.5) is 4.39 Å². The second-order valence-corrected chi connectivity index (χ2v) is 5.62. The van der Waals surface area contributed by atoms with E-state index in [0.717, 1.165) is 19.3 Å². The lowest BCUT2D eigenvalue weighted by molar-refractivity contribution is -0.331. The van der Waals surface area contributed by atoms with Gasteiger partial charge in [-0.15, -0.1) is 0 Å². The van der Waals surface area contributed by atoms with Crippen LogP contribution in [0.2, 0.25) is 0 Å². The summed E-state index contributed by atoms with van der Waals surface area (Å²) in [6.45, 7) is 0. The summed E-state index contributed by atoms with van der Waals surface area (Å²) in [5.41, 5.74) is -0.906. The fourth-order valence-corrected chi connectivity index (χ4v) is 4.58. The summed E-state index contributed by atoms with van der Waals surface area (Å²) in [5, 5.41) is 0. The normalized spacial score (nSPS) is 51.0. The minimum absolute atomic E-state index is 0.267. The molecule has 4 aliphatic rings. The zero-order chi connectivity index (χ0) is 10.7. The lowest BCUT2D eigenvalue weighted by atomic mass is 9.52. The van der Waals surface area contributed by atoms with E-state index in [1.807, 2.05) is 0 Å². The Morgan fingerprint density at radius 2 is 1.53 bits per heavy atom. The van der Waals surface area contributed by atoms with Crippen LogP contribution in [-0.4, -0.2) is 25.7 Å². The van der Waals surface area contributed by atoms with Crippen LogP contribution in [0.3, 0.4) is 0 Å². The number of halogens is 1. The smallest absolute Gasteiger partial charge is 0.173 e. The summed E-state index contributed by atoms with van der Waals surface area (Å²) < 4.78 is 25.6. The molecule has 0 aromatic rings. The molecule has 0 aromatic heterocycles. The fraction of sp³-hybridized carbons (Fsp3) is 1.00. The third-order valence-electron chi connectivity index (χ3n) is 4.89. The number of rotatable bonds is 2. The Morgan fingerprint density at radius 3 is 1.93 bits per heavy atom. The summed E-state index contributed by atoms with van der Waals surface area (Å²) in [6.07, 6.45) is 4.24. The van der Waals surface area contributed by atoms with Gasteiger partial charge in [0.2, 0.25) is 0 Å². The standard InChI is InChI=1S/C12H19FO2/c1-14-12(15-2)9-3-8-4-10(12)7-11(13,5-8)6-9/h8-10H,3-7H2,1-2H3/t8?,9-,10+,11?. The maximum atomic E-state index is 14.4. The van der Waals surface area contributed by atoms with Crippen molar-refractivity contribution in [2.45, 2.75) is 43.6 Å². The van der Waals surface area contributed by atoms with Crippen LogP contribution in [0.25, 0.3) is 0 Å². The van der Waals surface area contributed by atoms with Crippen molar-refractivity contribution in [3.05, 3.63) is 0 Å². The third kappa shape index (κ3) is 1.17. The first-order valence-electron chi connectivity index (χ1n) is 5.91. The van der Waals surface area contributed by atoms with Crippen LogP contribution < -0.4 is 0 Å². The predicted octanol–water partition coefficient (Wildman–Crippen LogP) is 2.52. The molecule has 4 saturated carbocycles. The maximum Gasteiger partial charge on any atom is 0.173 e. The number of hydrogen-bond donors (Lipinski definition) is 0. The van der Waals surface area contributed by atoms with Crippen molar-refractivity contribution in [2.24, 2.45) is 17.8 Å². The molecule has 3 heteroatoms. The Kier molecular flexibility index (Phi) is 1.97. The van der Waals surface area contributed by atoms with Crippen molar-refractivity contribution in [1.29, 1.82) is 0 Å². The molecule has 4 aliphatic carbocycles. The minimum Gasteiger partial charge on any atom is -0.353 e. The molecule has 0 spiro atoms. The SMILES string of the molecule is COC1(OC)[C@@H]2CC3C[C@H]1CC(F)(C3)C2. The van der Waals surface area contributed by atoms with Crippen LogP contribution in [0.1, 0.15) is 32.1 Å². The molecular formula is C12H19FO2. The fourth-order valence-electron chi connectivity index (χ4n) is 4.58. The molecule has 2 unspecified atom stereocenters. The van der Waals surface area contributed by atoms with E-state index in [-0.39, 0.29) is 11.8 Å². The molecule has 0 radical (unpaired) electrons. The molecule has 2 nitrogen and oxygen atoms in total. The van der Waals surface area contributed by atoms with E-state index in [0.29, 0.717) is 18.8 Å². The number of hydrogen-bond acceptors (Lipinski definition) is 2. The Labute approximate surface area is 90.1 Å². The Bertz CT molecular complexity index is 257. The first kappa shape index (κ1) is 10.0. The lowest BCUT2D eigenvalue weighted by Crippen LogP contribution is -2.63. The van der Waals surface area contributed by atoms with Crippen LogP contribution in [0.5, 0.6) is 0 Å². The second kappa shape index (κ2) is 2.95. The quantitative estimate of drug-likeness (QED) is 0.658. The van der Waals surface area contributed by atoms with Crippen molar-refractivity contribution in [2.75, 3.05) is 14.2 Å². The molecule has 0 N–H and O–H groups in total. The zero-order valence-electron chi connectivity index (χ0n) is 9.46. The minimum atomic E-state index is -0.906. The van der Waals surface area contributed by atoms with Crippen molar-refractivity contribution in [1.82, 2.24) is 0 Å². The van der Waals surface area contributed by atoms with Crippen LogP contribution in [0, 0.1) is 17.8 Å². The van der Waals surface area contributed by atoms with Gasteiger partial charge in [-0.05, 0) is 38.0 Å². The second-order valence-electron chi connectivity index (χ2n) is 5.62. The van der Waals surface area contributed by atoms with Gasteiger partial charge in [0.15, 0.2) is 5.79 Å². The molecule has 4 rings (SSSR count). The summed E-state index contributed by atoms with van der Waals surface area (Å²) in [6, 6.07) is 0. The average molecular weight is 214 g/mol. The lowest BCUT2D eigenvalue weighted by Gasteiger charge is -2.61. The van der Waals surface area contributed by atoms with Crippen LogP contribution >= 0.6 is 0 Å². The van der Waals surface area contributed by atoms with E-state index in [2.05, 4.69) is 0 Å². The van der Waals surface area contributed by atoms with E-state index >= 15 is 0 Å². The van der Waals surface area contributed by atoms with Gasteiger partial charge in [-0.2, -0.15) is 0 Å². The molecule has 0 aliphatic heterocycles. The summed E-state index contributed by atoms with van der Waals surface area (Å²) >= 11 is 0. The highest BCUT2D eigenvalue weighted by Crippen LogP contribution is 2.62. The number of ether oxygens (including phenoxy) is 2. The highest BCUT2D eigenvalue weighted by Gasteiger charge is 2.63. The third-order valence-corrected chi connectivity index (χ3v) is 4.89. The first-order valence-corrected chi connectivity index (χ1v) is 5.91. The number of methoxy groups -OCH3 is 2.